The van der Waals surface area contributed by atoms with Crippen LogP contribution >= 0.6 is 0 Å². The molecule has 0 saturated carbocycles. The Morgan fingerprint density at radius 2 is 1.56 bits per heavy atom. The van der Waals surface area contributed by atoms with Crippen LogP contribution in [0.1, 0.15) is 40.2 Å². The lowest BCUT2D eigenvalue weighted by Gasteiger charge is -2.14. The van der Waals surface area contributed by atoms with E-state index in [1.54, 1.807) is 0 Å². The number of fused-ring (bicyclic) bond motifs is 3. The third-order valence-electron chi connectivity index (χ3n) is 5.71. The van der Waals surface area contributed by atoms with Crippen molar-refractivity contribution in [1.29, 1.82) is 0 Å². The monoisotopic (exact) mass is 460 g/mol. The zero-order valence-electron chi connectivity index (χ0n) is 18.3. The molecule has 0 heterocycles. The number of ether oxygens (including phenoxy) is 1. The zero-order valence-corrected chi connectivity index (χ0v) is 18.3. The Kier molecular flexibility index (Phi) is 6.77. The van der Waals surface area contributed by atoms with Gasteiger partial charge in [-0.15, -0.1) is 0 Å². The minimum Gasteiger partial charge on any atom is -0.507 e. The first kappa shape index (κ1) is 22.8. The minimum atomic E-state index is -1.25. The molecule has 0 fully saturated rings. The lowest BCUT2D eigenvalue weighted by atomic mass is 9.98. The maximum absolute atomic E-state index is 12.2. The van der Waals surface area contributed by atoms with E-state index in [1.807, 2.05) is 24.3 Å². The molecule has 0 radical (unpaired) electrons. The molecule has 3 aromatic carbocycles. The number of carbonyl (C=O) groups excluding carboxylic acids is 2. The highest BCUT2D eigenvalue weighted by Crippen LogP contribution is 2.44. The van der Waals surface area contributed by atoms with E-state index in [9.17, 15) is 19.5 Å². The fourth-order valence-electron chi connectivity index (χ4n) is 4.10. The van der Waals surface area contributed by atoms with Gasteiger partial charge in [-0.05, 0) is 40.8 Å². The predicted octanol–water partition coefficient (Wildman–Crippen LogP) is 4.35. The molecule has 1 aliphatic rings. The van der Waals surface area contributed by atoms with E-state index in [4.69, 9.17) is 9.84 Å². The fourth-order valence-corrected chi connectivity index (χ4v) is 4.10. The van der Waals surface area contributed by atoms with Crippen LogP contribution in [0, 0.1) is 0 Å². The average Bonchev–Trinajstić information content (AvgIpc) is 3.14. The first-order valence-electron chi connectivity index (χ1n) is 10.9. The zero-order chi connectivity index (χ0) is 24.1. The van der Waals surface area contributed by atoms with Crippen LogP contribution in [0.3, 0.4) is 0 Å². The van der Waals surface area contributed by atoms with Gasteiger partial charge in [0, 0.05) is 30.6 Å². The van der Waals surface area contributed by atoms with E-state index in [0.29, 0.717) is 6.42 Å². The highest BCUT2D eigenvalue weighted by Gasteiger charge is 2.28. The number of alkyl carbamates (subject to hydrolysis) is 1. The number of rotatable bonds is 8. The van der Waals surface area contributed by atoms with Crippen molar-refractivity contribution in [3.63, 3.8) is 0 Å². The number of carbonyl (C=O) groups is 3. The summed E-state index contributed by atoms with van der Waals surface area (Å²) in [5, 5.41) is 23.9. The van der Waals surface area contributed by atoms with Crippen LogP contribution in [0.25, 0.3) is 11.1 Å². The summed E-state index contributed by atoms with van der Waals surface area (Å²) in [4.78, 5) is 35.2. The SMILES string of the molecule is O=C(CCCNC(=O)OCC1c2ccccc2-c2ccccc21)Nc1ccc(C(=O)O)c(O)c1. The Balaban J connectivity index is 1.21. The average molecular weight is 460 g/mol. The van der Waals surface area contributed by atoms with E-state index >= 15 is 0 Å². The van der Waals surface area contributed by atoms with E-state index in [-0.39, 0.29) is 42.6 Å². The van der Waals surface area contributed by atoms with Crippen LogP contribution in [0.4, 0.5) is 10.5 Å². The van der Waals surface area contributed by atoms with Crippen molar-refractivity contribution in [2.24, 2.45) is 0 Å². The van der Waals surface area contributed by atoms with Crippen LogP contribution in [-0.4, -0.2) is 41.3 Å². The fraction of sp³-hybridized carbons (Fsp3) is 0.192. The highest BCUT2D eigenvalue weighted by molar-refractivity contribution is 5.94. The van der Waals surface area contributed by atoms with Gasteiger partial charge in [-0.25, -0.2) is 9.59 Å². The molecule has 174 valence electrons. The van der Waals surface area contributed by atoms with Gasteiger partial charge in [0.15, 0.2) is 0 Å². The van der Waals surface area contributed by atoms with Gasteiger partial charge < -0.3 is 25.6 Å². The molecule has 3 aromatic rings. The lowest BCUT2D eigenvalue weighted by molar-refractivity contribution is -0.116. The maximum Gasteiger partial charge on any atom is 0.407 e. The third-order valence-corrected chi connectivity index (χ3v) is 5.71. The van der Waals surface area contributed by atoms with Gasteiger partial charge in [-0.1, -0.05) is 48.5 Å². The highest BCUT2D eigenvalue weighted by atomic mass is 16.5. The smallest absolute Gasteiger partial charge is 0.407 e. The standard InChI is InChI=1S/C26H24N2O6/c29-23-14-16(11-12-21(23)25(31)32)28-24(30)10-5-13-27-26(33)34-15-22-19-8-3-1-6-17(19)18-7-2-4-9-20(18)22/h1-4,6-9,11-12,14,22,29H,5,10,13,15H2,(H,27,33)(H,28,30)(H,31,32). The number of amides is 2. The second-order valence-corrected chi connectivity index (χ2v) is 7.94. The Hall–Kier alpha value is -4.33. The summed E-state index contributed by atoms with van der Waals surface area (Å²) in [7, 11) is 0. The Bertz CT molecular complexity index is 1190. The molecule has 0 bridgehead atoms. The molecular weight excluding hydrogens is 436 g/mol. The third kappa shape index (κ3) is 5.01. The number of hydrogen-bond donors (Lipinski definition) is 4. The van der Waals surface area contributed by atoms with Gasteiger partial charge in [-0.2, -0.15) is 0 Å². The summed E-state index contributed by atoms with van der Waals surface area (Å²) in [6, 6.07) is 20.0. The summed E-state index contributed by atoms with van der Waals surface area (Å²) in [5.41, 5.74) is 4.63. The summed E-state index contributed by atoms with van der Waals surface area (Å²) in [6.07, 6.45) is -0.0307. The molecule has 1 aliphatic carbocycles. The van der Waals surface area contributed by atoms with E-state index < -0.39 is 17.8 Å². The van der Waals surface area contributed by atoms with E-state index in [2.05, 4.69) is 34.9 Å². The number of aromatic carboxylic acids is 1. The molecule has 2 amide bonds. The van der Waals surface area contributed by atoms with Crippen LogP contribution < -0.4 is 10.6 Å². The molecule has 0 aromatic heterocycles. The van der Waals surface area contributed by atoms with Crippen molar-refractivity contribution in [1.82, 2.24) is 5.32 Å². The molecule has 8 nitrogen and oxygen atoms in total. The summed E-state index contributed by atoms with van der Waals surface area (Å²) in [6.45, 7) is 0.476. The van der Waals surface area contributed by atoms with Gasteiger partial charge in [0.25, 0.3) is 0 Å². The summed E-state index contributed by atoms with van der Waals surface area (Å²) in [5.74, 6) is -2.03. The maximum atomic E-state index is 12.2. The normalized spacial score (nSPS) is 11.9. The number of phenols is 1. The predicted molar refractivity (Wildman–Crippen MR) is 126 cm³/mol. The lowest BCUT2D eigenvalue weighted by Crippen LogP contribution is -2.27. The van der Waals surface area contributed by atoms with E-state index in [0.717, 1.165) is 22.3 Å². The van der Waals surface area contributed by atoms with Gasteiger partial charge in [0.2, 0.25) is 5.91 Å². The van der Waals surface area contributed by atoms with Gasteiger partial charge in [0.05, 0.1) is 0 Å². The number of aromatic hydroxyl groups is 1. The number of benzene rings is 3. The molecule has 4 rings (SSSR count). The molecule has 0 spiro atoms. The van der Waals surface area contributed by atoms with Crippen molar-refractivity contribution in [2.45, 2.75) is 18.8 Å². The number of anilines is 1. The first-order valence-corrected chi connectivity index (χ1v) is 10.9. The topological polar surface area (TPSA) is 125 Å². The molecule has 0 atom stereocenters. The van der Waals surface area contributed by atoms with Crippen LogP contribution in [0.5, 0.6) is 5.75 Å². The molecule has 0 aliphatic heterocycles. The molecule has 8 heteroatoms. The minimum absolute atomic E-state index is 0.0205. The first-order chi connectivity index (χ1) is 16.4. The summed E-state index contributed by atoms with van der Waals surface area (Å²) < 4.78 is 5.46. The second kappa shape index (κ2) is 10.1. The van der Waals surface area contributed by atoms with Crippen molar-refractivity contribution in [2.75, 3.05) is 18.5 Å². The van der Waals surface area contributed by atoms with Crippen molar-refractivity contribution >= 4 is 23.7 Å². The summed E-state index contributed by atoms with van der Waals surface area (Å²) >= 11 is 0. The van der Waals surface area contributed by atoms with Crippen LogP contribution in [0.15, 0.2) is 66.7 Å². The number of nitrogens with one attached hydrogen (secondary N) is 2. The Morgan fingerprint density at radius 1 is 0.912 bits per heavy atom. The van der Waals surface area contributed by atoms with Gasteiger partial charge in [0.1, 0.15) is 17.9 Å². The van der Waals surface area contributed by atoms with Gasteiger partial charge in [-0.3, -0.25) is 4.79 Å². The largest absolute Gasteiger partial charge is 0.507 e. The van der Waals surface area contributed by atoms with Crippen molar-refractivity contribution < 1.29 is 29.3 Å². The second-order valence-electron chi connectivity index (χ2n) is 7.94. The Morgan fingerprint density at radius 3 is 2.18 bits per heavy atom. The molecule has 4 N–H and O–H groups in total. The van der Waals surface area contributed by atoms with Crippen LogP contribution in [-0.2, 0) is 9.53 Å². The molecule has 34 heavy (non-hydrogen) atoms. The van der Waals surface area contributed by atoms with Crippen LogP contribution in [0.2, 0.25) is 0 Å². The van der Waals surface area contributed by atoms with Crippen molar-refractivity contribution in [3.8, 4) is 16.9 Å². The molecule has 0 unspecified atom stereocenters. The molecular formula is C26H24N2O6. The number of carboxylic acids is 1. The van der Waals surface area contributed by atoms with E-state index in [1.165, 1.54) is 18.2 Å². The quantitative estimate of drug-likeness (QED) is 0.371. The number of hydrogen-bond acceptors (Lipinski definition) is 5. The number of carboxylic acid groups (broad SMARTS) is 1. The Labute approximate surface area is 196 Å². The molecule has 0 saturated heterocycles. The van der Waals surface area contributed by atoms with Gasteiger partial charge >= 0.3 is 12.1 Å². The van der Waals surface area contributed by atoms with Crippen molar-refractivity contribution in [3.05, 3.63) is 83.4 Å².